The molecule has 6 nitrogen and oxygen atoms in total. The fourth-order valence-corrected chi connectivity index (χ4v) is 3.05. The predicted molar refractivity (Wildman–Crippen MR) is 68.3 cm³/mol. The van der Waals surface area contributed by atoms with Gasteiger partial charge in [0.1, 0.15) is 0 Å². The number of aromatic carboxylic acids is 1. The number of sulfonamides is 1. The van der Waals surface area contributed by atoms with Gasteiger partial charge < -0.3 is 5.11 Å². The molecule has 2 rings (SSSR count). The van der Waals surface area contributed by atoms with E-state index in [0.717, 1.165) is 6.20 Å². The smallest absolute Gasteiger partial charge is 0.337 e. The SMILES string of the molecule is CC1=CCN(S(=O)(=O)c2ccc(C(=O)O)cn2)CC1. The average Bonchev–Trinajstić information content (AvgIpc) is 2.39. The second-order valence-corrected chi connectivity index (χ2v) is 6.24. The Morgan fingerprint density at radius 3 is 2.63 bits per heavy atom. The third-order valence-electron chi connectivity index (χ3n) is 2.99. The molecule has 1 aliphatic heterocycles. The van der Waals surface area contributed by atoms with Gasteiger partial charge in [-0.3, -0.25) is 0 Å². The summed E-state index contributed by atoms with van der Waals surface area (Å²) in [6, 6.07) is 2.47. The minimum atomic E-state index is -3.64. The first-order chi connectivity index (χ1) is 8.91. The van der Waals surface area contributed by atoms with Crippen LogP contribution >= 0.6 is 0 Å². The molecule has 0 saturated heterocycles. The Balaban J connectivity index is 2.27. The molecule has 0 unspecified atom stereocenters. The molecule has 1 aliphatic rings. The maximum absolute atomic E-state index is 12.3. The summed E-state index contributed by atoms with van der Waals surface area (Å²) in [5, 5.41) is 8.63. The van der Waals surface area contributed by atoms with E-state index in [-0.39, 0.29) is 10.6 Å². The monoisotopic (exact) mass is 282 g/mol. The van der Waals surface area contributed by atoms with E-state index in [2.05, 4.69) is 4.98 Å². The summed E-state index contributed by atoms with van der Waals surface area (Å²) in [4.78, 5) is 14.4. The van der Waals surface area contributed by atoms with Gasteiger partial charge in [-0.05, 0) is 25.5 Å². The van der Waals surface area contributed by atoms with Crippen molar-refractivity contribution in [3.63, 3.8) is 0 Å². The zero-order valence-electron chi connectivity index (χ0n) is 10.4. The molecule has 1 aromatic rings. The van der Waals surface area contributed by atoms with Crippen molar-refractivity contribution in [2.45, 2.75) is 18.4 Å². The van der Waals surface area contributed by atoms with Gasteiger partial charge in [-0.15, -0.1) is 0 Å². The van der Waals surface area contributed by atoms with Crippen molar-refractivity contribution in [3.05, 3.63) is 35.5 Å². The first kappa shape index (κ1) is 13.7. The number of carboxylic acid groups (broad SMARTS) is 1. The minimum Gasteiger partial charge on any atom is -0.478 e. The molecule has 1 aromatic heterocycles. The summed E-state index contributed by atoms with van der Waals surface area (Å²) in [7, 11) is -3.64. The van der Waals surface area contributed by atoms with Crippen LogP contribution in [0.15, 0.2) is 35.0 Å². The number of carbonyl (C=O) groups is 1. The maximum Gasteiger partial charge on any atom is 0.337 e. The third kappa shape index (κ3) is 2.82. The lowest BCUT2D eigenvalue weighted by Gasteiger charge is -2.24. The standard InChI is InChI=1S/C12H14N2O4S/c1-9-4-6-14(7-5-9)19(17,18)11-3-2-10(8-13-11)12(15)16/h2-4,8H,5-7H2,1H3,(H,15,16). The van der Waals surface area contributed by atoms with Gasteiger partial charge in [0.25, 0.3) is 10.0 Å². The van der Waals surface area contributed by atoms with Crippen molar-refractivity contribution < 1.29 is 18.3 Å². The average molecular weight is 282 g/mol. The van der Waals surface area contributed by atoms with Crippen LogP contribution in [0.25, 0.3) is 0 Å². The zero-order valence-corrected chi connectivity index (χ0v) is 11.2. The summed E-state index contributed by atoms with van der Waals surface area (Å²) in [6.07, 6.45) is 3.62. The Labute approximate surface area is 111 Å². The predicted octanol–water partition coefficient (Wildman–Crippen LogP) is 1.12. The van der Waals surface area contributed by atoms with Crippen molar-refractivity contribution in [2.75, 3.05) is 13.1 Å². The molecule has 0 spiro atoms. The first-order valence-corrected chi connectivity index (χ1v) is 7.20. The highest BCUT2D eigenvalue weighted by atomic mass is 32.2. The molecule has 0 aromatic carbocycles. The van der Waals surface area contributed by atoms with Crippen molar-refractivity contribution >= 4 is 16.0 Å². The third-order valence-corrected chi connectivity index (χ3v) is 4.77. The quantitative estimate of drug-likeness (QED) is 0.839. The number of rotatable bonds is 3. The largest absolute Gasteiger partial charge is 0.478 e. The second kappa shape index (κ2) is 5.10. The van der Waals surface area contributed by atoms with Gasteiger partial charge >= 0.3 is 5.97 Å². The van der Waals surface area contributed by atoms with Crippen LogP contribution in [0, 0.1) is 0 Å². The lowest BCUT2D eigenvalue weighted by molar-refractivity contribution is 0.0696. The van der Waals surface area contributed by atoms with E-state index in [1.165, 1.54) is 22.0 Å². The van der Waals surface area contributed by atoms with Crippen molar-refractivity contribution in [3.8, 4) is 0 Å². The molecule has 0 amide bonds. The van der Waals surface area contributed by atoms with E-state index >= 15 is 0 Å². The van der Waals surface area contributed by atoms with E-state index in [1.807, 2.05) is 13.0 Å². The van der Waals surface area contributed by atoms with Crippen LogP contribution in [0.1, 0.15) is 23.7 Å². The molecular weight excluding hydrogens is 268 g/mol. The molecule has 0 aliphatic carbocycles. The Morgan fingerprint density at radius 2 is 2.16 bits per heavy atom. The summed E-state index contributed by atoms with van der Waals surface area (Å²) >= 11 is 0. The van der Waals surface area contributed by atoms with E-state index in [4.69, 9.17) is 5.11 Å². The molecule has 0 radical (unpaired) electrons. The molecule has 1 N–H and O–H groups in total. The van der Waals surface area contributed by atoms with Gasteiger partial charge in [0.05, 0.1) is 5.56 Å². The van der Waals surface area contributed by atoms with E-state index in [1.54, 1.807) is 0 Å². The molecule has 0 saturated carbocycles. The highest BCUT2D eigenvalue weighted by molar-refractivity contribution is 7.89. The Bertz CT molecular complexity index is 620. The van der Waals surface area contributed by atoms with Gasteiger partial charge in [0.15, 0.2) is 5.03 Å². The van der Waals surface area contributed by atoms with E-state index in [0.29, 0.717) is 19.5 Å². The fraction of sp³-hybridized carbons (Fsp3) is 0.333. The van der Waals surface area contributed by atoms with Gasteiger partial charge in [0.2, 0.25) is 0 Å². The molecular formula is C12H14N2O4S. The van der Waals surface area contributed by atoms with Crippen LogP contribution in [0.4, 0.5) is 0 Å². The summed E-state index contributed by atoms with van der Waals surface area (Å²) in [6.45, 7) is 2.72. The van der Waals surface area contributed by atoms with E-state index < -0.39 is 16.0 Å². The van der Waals surface area contributed by atoms with Crippen LogP contribution in [-0.4, -0.2) is 41.9 Å². The topological polar surface area (TPSA) is 87.6 Å². The fourth-order valence-electron chi connectivity index (χ4n) is 1.76. The summed E-state index contributed by atoms with van der Waals surface area (Å²) in [5.74, 6) is -1.13. The number of hydrogen-bond donors (Lipinski definition) is 1. The summed E-state index contributed by atoms with van der Waals surface area (Å²) in [5.41, 5.74) is 1.13. The van der Waals surface area contributed by atoms with Crippen LogP contribution in [0.2, 0.25) is 0 Å². The number of aromatic nitrogens is 1. The molecule has 0 atom stereocenters. The number of carboxylic acids is 1. The van der Waals surface area contributed by atoms with E-state index in [9.17, 15) is 13.2 Å². The number of hydrogen-bond acceptors (Lipinski definition) is 4. The number of pyridine rings is 1. The van der Waals surface area contributed by atoms with Crippen LogP contribution in [0.5, 0.6) is 0 Å². The van der Waals surface area contributed by atoms with Gasteiger partial charge in [-0.1, -0.05) is 11.6 Å². The Kier molecular flexibility index (Phi) is 3.68. The normalized spacial score (nSPS) is 17.0. The molecule has 19 heavy (non-hydrogen) atoms. The highest BCUT2D eigenvalue weighted by Gasteiger charge is 2.26. The van der Waals surface area contributed by atoms with Crippen molar-refractivity contribution in [2.24, 2.45) is 0 Å². The van der Waals surface area contributed by atoms with Crippen LogP contribution in [-0.2, 0) is 10.0 Å². The minimum absolute atomic E-state index is 0.0339. The lowest BCUT2D eigenvalue weighted by Crippen LogP contribution is -2.35. The lowest BCUT2D eigenvalue weighted by atomic mass is 10.1. The van der Waals surface area contributed by atoms with Crippen LogP contribution in [0.3, 0.4) is 0 Å². The summed E-state index contributed by atoms with van der Waals surface area (Å²) < 4.78 is 25.9. The van der Waals surface area contributed by atoms with Crippen molar-refractivity contribution in [1.82, 2.24) is 9.29 Å². The van der Waals surface area contributed by atoms with Gasteiger partial charge in [-0.25, -0.2) is 18.2 Å². The molecule has 7 heteroatoms. The Hall–Kier alpha value is -1.73. The zero-order chi connectivity index (χ0) is 14.0. The van der Waals surface area contributed by atoms with Gasteiger partial charge in [-0.2, -0.15) is 4.31 Å². The number of nitrogens with zero attached hydrogens (tertiary/aromatic N) is 2. The maximum atomic E-state index is 12.3. The molecule has 102 valence electrons. The highest BCUT2D eigenvalue weighted by Crippen LogP contribution is 2.18. The Morgan fingerprint density at radius 1 is 1.42 bits per heavy atom. The van der Waals surface area contributed by atoms with Gasteiger partial charge in [0, 0.05) is 19.3 Å². The van der Waals surface area contributed by atoms with Crippen LogP contribution < -0.4 is 0 Å². The first-order valence-electron chi connectivity index (χ1n) is 5.76. The van der Waals surface area contributed by atoms with Crippen molar-refractivity contribution in [1.29, 1.82) is 0 Å². The second-order valence-electron chi connectivity index (χ2n) is 4.35. The molecule has 0 bridgehead atoms. The molecule has 2 heterocycles. The molecule has 0 fully saturated rings.